The minimum absolute atomic E-state index is 0.138. The second-order valence-electron chi connectivity index (χ2n) is 1.88. The van der Waals surface area contributed by atoms with Gasteiger partial charge in [-0.25, -0.2) is 0 Å². The second kappa shape index (κ2) is 4.14. The molecule has 0 fully saturated rings. The van der Waals surface area contributed by atoms with E-state index in [1.54, 1.807) is 7.05 Å². The average Bonchev–Trinajstić information content (AvgIpc) is 1.63. The van der Waals surface area contributed by atoms with Gasteiger partial charge < -0.3 is 5.73 Å². The van der Waals surface area contributed by atoms with Gasteiger partial charge >= 0.3 is 0 Å². The van der Waals surface area contributed by atoms with Gasteiger partial charge in [-0.15, -0.1) is 5.10 Å². The molecular weight excluding hydrogens is 118 g/mol. The van der Waals surface area contributed by atoms with Crippen molar-refractivity contribution in [1.82, 2.24) is 5.17 Å². The molecule has 0 saturated carbocycles. The molecule has 0 aromatic rings. The summed E-state index contributed by atoms with van der Waals surface area (Å²) in [7, 11) is 1.68. The van der Waals surface area contributed by atoms with Crippen LogP contribution in [0.1, 0.15) is 13.8 Å². The summed E-state index contributed by atoms with van der Waals surface area (Å²) < 4.78 is 0. The number of rotatable bonds is 3. The van der Waals surface area contributed by atoms with Gasteiger partial charge in [0.2, 0.25) is 0 Å². The van der Waals surface area contributed by atoms with E-state index in [1.165, 1.54) is 11.5 Å². The molecule has 0 aromatic heterocycles. The topological polar surface area (TPSA) is 50.8 Å². The highest BCUT2D eigenvalue weighted by Crippen LogP contribution is 1.91. The average molecular weight is 131 g/mol. The minimum Gasteiger partial charge on any atom is -0.388 e. The molecule has 0 heterocycles. The van der Waals surface area contributed by atoms with E-state index in [-0.39, 0.29) is 6.10 Å². The Labute approximate surface area is 55.2 Å². The van der Waals surface area contributed by atoms with Crippen LogP contribution in [0.3, 0.4) is 0 Å². The van der Waals surface area contributed by atoms with Gasteiger partial charge in [0, 0.05) is 0 Å². The molecule has 4 heteroatoms. The van der Waals surface area contributed by atoms with Crippen LogP contribution >= 0.6 is 0 Å². The number of hydrogen-bond donors (Lipinski definition) is 1. The van der Waals surface area contributed by atoms with Gasteiger partial charge in [-0.2, -0.15) is 5.17 Å². The minimum atomic E-state index is 0.138. The number of hydrazone groups is 1. The molecule has 0 atom stereocenters. The highest BCUT2D eigenvalue weighted by molar-refractivity contribution is 5.50. The quantitative estimate of drug-likeness (QED) is 0.337. The van der Waals surface area contributed by atoms with E-state index < -0.39 is 0 Å². The molecule has 2 N–H and O–H groups in total. The third-order valence-electron chi connectivity index (χ3n) is 0.593. The van der Waals surface area contributed by atoms with Gasteiger partial charge in [0.15, 0.2) is 0 Å². The molecule has 0 aliphatic rings. The van der Waals surface area contributed by atoms with E-state index in [0.717, 1.165) is 0 Å². The Bertz CT molecular complexity index is 92.2. The molecule has 0 saturated heterocycles. The summed E-state index contributed by atoms with van der Waals surface area (Å²) in [5, 5.41) is 4.95. The summed E-state index contributed by atoms with van der Waals surface area (Å²) in [6.07, 6.45) is 1.32. The van der Waals surface area contributed by atoms with Crippen LogP contribution in [0.4, 0.5) is 0 Å². The lowest BCUT2D eigenvalue weighted by atomic mass is 10.5. The van der Waals surface area contributed by atoms with E-state index in [2.05, 4.69) is 5.10 Å². The lowest BCUT2D eigenvalue weighted by molar-refractivity contribution is -0.169. The fourth-order valence-electron chi connectivity index (χ4n) is 0.426. The van der Waals surface area contributed by atoms with Crippen molar-refractivity contribution in [2.24, 2.45) is 10.8 Å². The summed E-state index contributed by atoms with van der Waals surface area (Å²) in [5.41, 5.74) is 4.99. The molecule has 0 unspecified atom stereocenters. The first-order valence-corrected chi connectivity index (χ1v) is 2.81. The predicted octanol–water partition coefficient (Wildman–Crippen LogP) is 0.160. The molecule has 0 amide bonds. The smallest absolute Gasteiger partial charge is 0.108 e. The van der Waals surface area contributed by atoms with Gasteiger partial charge in [-0.3, -0.25) is 4.84 Å². The van der Waals surface area contributed by atoms with Gasteiger partial charge in [0.05, 0.1) is 13.2 Å². The zero-order chi connectivity index (χ0) is 7.28. The fraction of sp³-hybridized carbons (Fsp3) is 0.800. The van der Waals surface area contributed by atoms with Crippen molar-refractivity contribution in [3.05, 3.63) is 0 Å². The Hall–Kier alpha value is -0.770. The zero-order valence-electron chi connectivity index (χ0n) is 6.03. The van der Waals surface area contributed by atoms with E-state index in [1.807, 2.05) is 13.8 Å². The van der Waals surface area contributed by atoms with Crippen molar-refractivity contribution >= 4 is 6.34 Å². The molecule has 0 aliphatic carbocycles. The van der Waals surface area contributed by atoms with Crippen LogP contribution in [0.5, 0.6) is 0 Å². The first kappa shape index (κ1) is 8.23. The van der Waals surface area contributed by atoms with Crippen LogP contribution < -0.4 is 5.73 Å². The Morgan fingerprint density at radius 3 is 2.56 bits per heavy atom. The second-order valence-corrected chi connectivity index (χ2v) is 1.88. The zero-order valence-corrected chi connectivity index (χ0v) is 6.03. The van der Waals surface area contributed by atoms with Crippen molar-refractivity contribution in [3.63, 3.8) is 0 Å². The lowest BCUT2D eigenvalue weighted by Gasteiger charge is -2.14. The van der Waals surface area contributed by atoms with Crippen LogP contribution in [-0.2, 0) is 4.84 Å². The van der Waals surface area contributed by atoms with Crippen LogP contribution in [0.2, 0.25) is 0 Å². The van der Waals surface area contributed by atoms with Crippen LogP contribution in [-0.4, -0.2) is 24.7 Å². The summed E-state index contributed by atoms with van der Waals surface area (Å²) in [4.78, 5) is 5.05. The van der Waals surface area contributed by atoms with Crippen LogP contribution in [0.15, 0.2) is 5.10 Å². The summed E-state index contributed by atoms with van der Waals surface area (Å²) in [6.45, 7) is 3.84. The van der Waals surface area contributed by atoms with E-state index in [0.29, 0.717) is 0 Å². The number of nitrogens with zero attached hydrogens (tertiary/aromatic N) is 2. The van der Waals surface area contributed by atoms with Gasteiger partial charge in [-0.1, -0.05) is 0 Å². The maximum absolute atomic E-state index is 5.05. The maximum Gasteiger partial charge on any atom is 0.108 e. The largest absolute Gasteiger partial charge is 0.388 e. The highest BCUT2D eigenvalue weighted by atomic mass is 16.7. The van der Waals surface area contributed by atoms with Crippen LogP contribution in [0, 0.1) is 0 Å². The fourth-order valence-corrected chi connectivity index (χ4v) is 0.426. The lowest BCUT2D eigenvalue weighted by Crippen LogP contribution is -2.18. The number of nitrogens with two attached hydrogens (primary N) is 1. The van der Waals surface area contributed by atoms with E-state index >= 15 is 0 Å². The van der Waals surface area contributed by atoms with E-state index in [9.17, 15) is 0 Å². The molecule has 4 nitrogen and oxygen atoms in total. The molecule has 9 heavy (non-hydrogen) atoms. The molecule has 0 bridgehead atoms. The maximum atomic E-state index is 5.05. The summed E-state index contributed by atoms with van der Waals surface area (Å²) >= 11 is 0. The monoisotopic (exact) mass is 131 g/mol. The van der Waals surface area contributed by atoms with Crippen molar-refractivity contribution in [2.45, 2.75) is 20.0 Å². The molecule has 0 aromatic carbocycles. The molecule has 0 spiro atoms. The van der Waals surface area contributed by atoms with Gasteiger partial charge in [0.25, 0.3) is 0 Å². The molecule has 0 rings (SSSR count). The Morgan fingerprint density at radius 2 is 2.22 bits per heavy atom. The Balaban J connectivity index is 3.38. The molecule has 54 valence electrons. The third kappa shape index (κ3) is 5.10. The van der Waals surface area contributed by atoms with Gasteiger partial charge in [0.1, 0.15) is 6.34 Å². The van der Waals surface area contributed by atoms with Crippen molar-refractivity contribution in [3.8, 4) is 0 Å². The molecular formula is C5H13N3O. The van der Waals surface area contributed by atoms with Gasteiger partial charge in [-0.05, 0) is 13.8 Å². The van der Waals surface area contributed by atoms with E-state index in [4.69, 9.17) is 10.6 Å². The normalized spacial score (nSPS) is 11.1. The number of hydrogen-bond acceptors (Lipinski definition) is 3. The molecule has 0 radical (unpaired) electrons. The van der Waals surface area contributed by atoms with Crippen LogP contribution in [0.25, 0.3) is 0 Å². The molecule has 0 aliphatic heterocycles. The van der Waals surface area contributed by atoms with Crippen molar-refractivity contribution < 1.29 is 4.84 Å². The standard InChI is InChI=1S/C5H13N3O/c1-5(2)9-8(3)7-4-6/h4-5H,1-3H3,(H2,6,7). The highest BCUT2D eigenvalue weighted by Gasteiger charge is 1.94. The van der Waals surface area contributed by atoms with Crippen molar-refractivity contribution in [1.29, 1.82) is 0 Å². The number of hydroxylamine groups is 1. The Kier molecular flexibility index (Phi) is 3.79. The third-order valence-corrected chi connectivity index (χ3v) is 0.593. The first-order valence-electron chi connectivity index (χ1n) is 2.81. The predicted molar refractivity (Wildman–Crippen MR) is 36.7 cm³/mol. The summed E-state index contributed by atoms with van der Waals surface area (Å²) in [6, 6.07) is 0. The van der Waals surface area contributed by atoms with Crippen molar-refractivity contribution in [2.75, 3.05) is 7.05 Å². The first-order chi connectivity index (χ1) is 4.16. The SMILES string of the molecule is CC(C)ON(C)N=CN. The Morgan fingerprint density at radius 1 is 1.67 bits per heavy atom. The summed E-state index contributed by atoms with van der Waals surface area (Å²) in [5.74, 6) is 0.